The molecule has 1 aromatic rings. The fraction of sp³-hybridized carbons (Fsp3) is 0.250. The Hall–Kier alpha value is -2.17. The van der Waals surface area contributed by atoms with E-state index in [2.05, 4.69) is 0 Å². The van der Waals surface area contributed by atoms with Crippen LogP contribution in [-0.2, 0) is 4.74 Å². The summed E-state index contributed by atoms with van der Waals surface area (Å²) in [6.45, 7) is 3.41. The van der Waals surface area contributed by atoms with E-state index in [0.717, 1.165) is 6.08 Å². The van der Waals surface area contributed by atoms with Crippen molar-refractivity contribution < 1.29 is 23.5 Å². The third-order valence-electron chi connectivity index (χ3n) is 2.46. The molecule has 2 rings (SSSR count). The largest absolute Gasteiger partial charge is 0.460 e. The third kappa shape index (κ3) is 1.69. The van der Waals surface area contributed by atoms with Crippen LogP contribution in [0.25, 0.3) is 0 Å². The Balaban J connectivity index is 2.54. The van der Waals surface area contributed by atoms with Crippen LogP contribution in [0.5, 0.6) is 0 Å². The number of fused-ring (bicyclic) bond motifs is 1. The Labute approximate surface area is 97.0 Å². The standard InChI is InChI=1S/C12H10O5/c1-3-16-12(15)10-6(2)9-7(13)4-5-8(14)11(9)17-10/h4-5H,3H2,1-2H3. The maximum atomic E-state index is 11.6. The normalized spacial score (nSPS) is 13.8. The lowest BCUT2D eigenvalue weighted by Crippen LogP contribution is -2.09. The molecule has 1 aliphatic rings. The van der Waals surface area contributed by atoms with Crippen molar-refractivity contribution in [1.82, 2.24) is 0 Å². The van der Waals surface area contributed by atoms with Gasteiger partial charge >= 0.3 is 5.97 Å². The van der Waals surface area contributed by atoms with Gasteiger partial charge in [0.2, 0.25) is 11.5 Å². The predicted octanol–water partition coefficient (Wildman–Crippen LogP) is 1.70. The van der Waals surface area contributed by atoms with E-state index in [1.165, 1.54) is 6.08 Å². The summed E-state index contributed by atoms with van der Waals surface area (Å²) in [5.74, 6) is -1.59. The van der Waals surface area contributed by atoms with Crippen molar-refractivity contribution in [3.05, 3.63) is 34.8 Å². The average Bonchev–Trinajstić information content (AvgIpc) is 2.63. The molecular formula is C12H10O5. The fourth-order valence-electron chi connectivity index (χ4n) is 1.69. The topological polar surface area (TPSA) is 73.6 Å². The minimum atomic E-state index is -0.667. The number of rotatable bonds is 2. The maximum Gasteiger partial charge on any atom is 0.374 e. The summed E-state index contributed by atoms with van der Waals surface area (Å²) in [7, 11) is 0. The molecule has 17 heavy (non-hydrogen) atoms. The second kappa shape index (κ2) is 4.01. The van der Waals surface area contributed by atoms with Crippen LogP contribution in [0.2, 0.25) is 0 Å². The van der Waals surface area contributed by atoms with Gasteiger partial charge in [-0.3, -0.25) is 9.59 Å². The quantitative estimate of drug-likeness (QED) is 0.728. The van der Waals surface area contributed by atoms with Crippen LogP contribution in [-0.4, -0.2) is 24.1 Å². The van der Waals surface area contributed by atoms with Crippen molar-refractivity contribution in [3.63, 3.8) is 0 Å². The summed E-state index contributed by atoms with van der Waals surface area (Å²) in [5.41, 5.74) is 0.502. The number of ether oxygens (including phenoxy) is 1. The Kier molecular flexibility index (Phi) is 2.67. The lowest BCUT2D eigenvalue weighted by atomic mass is 9.99. The molecule has 0 bridgehead atoms. The van der Waals surface area contributed by atoms with Crippen LogP contribution in [0, 0.1) is 6.92 Å². The van der Waals surface area contributed by atoms with E-state index in [-0.39, 0.29) is 29.5 Å². The van der Waals surface area contributed by atoms with Crippen LogP contribution in [0.1, 0.15) is 44.0 Å². The van der Waals surface area contributed by atoms with Crippen LogP contribution < -0.4 is 0 Å². The summed E-state index contributed by atoms with van der Waals surface area (Å²) in [6.07, 6.45) is 2.30. The first-order chi connectivity index (χ1) is 8.06. The summed E-state index contributed by atoms with van der Waals surface area (Å²) >= 11 is 0. The zero-order valence-electron chi connectivity index (χ0n) is 9.40. The Morgan fingerprint density at radius 3 is 2.53 bits per heavy atom. The zero-order valence-corrected chi connectivity index (χ0v) is 9.40. The zero-order chi connectivity index (χ0) is 12.6. The van der Waals surface area contributed by atoms with Crippen molar-refractivity contribution in [3.8, 4) is 0 Å². The molecule has 0 saturated heterocycles. The van der Waals surface area contributed by atoms with Crippen molar-refractivity contribution in [1.29, 1.82) is 0 Å². The molecule has 0 atom stereocenters. The number of ketones is 2. The molecule has 0 aromatic carbocycles. The molecule has 0 N–H and O–H groups in total. The van der Waals surface area contributed by atoms with E-state index in [1.54, 1.807) is 13.8 Å². The molecule has 1 heterocycles. The molecule has 88 valence electrons. The molecule has 1 aliphatic carbocycles. The Bertz CT molecular complexity index is 547. The molecule has 0 radical (unpaired) electrons. The van der Waals surface area contributed by atoms with Crippen molar-refractivity contribution in [2.24, 2.45) is 0 Å². The lowest BCUT2D eigenvalue weighted by molar-refractivity contribution is 0.0487. The summed E-state index contributed by atoms with van der Waals surface area (Å²) in [4.78, 5) is 34.6. The molecule has 0 spiro atoms. The highest BCUT2D eigenvalue weighted by Gasteiger charge is 2.31. The molecule has 0 unspecified atom stereocenters. The molecule has 0 fully saturated rings. The van der Waals surface area contributed by atoms with Crippen molar-refractivity contribution in [2.45, 2.75) is 13.8 Å². The minimum Gasteiger partial charge on any atom is -0.460 e. The minimum absolute atomic E-state index is 0.0813. The second-order valence-corrected chi connectivity index (χ2v) is 3.54. The SMILES string of the molecule is CCOC(=O)c1oc2c(c1C)C(=O)C=CC2=O. The van der Waals surface area contributed by atoms with Gasteiger partial charge < -0.3 is 9.15 Å². The first kappa shape index (κ1) is 11.3. The molecule has 5 nitrogen and oxygen atoms in total. The first-order valence-electron chi connectivity index (χ1n) is 5.13. The number of hydrogen-bond donors (Lipinski definition) is 0. The Morgan fingerprint density at radius 1 is 1.29 bits per heavy atom. The maximum absolute atomic E-state index is 11.6. The summed E-state index contributed by atoms with van der Waals surface area (Å²) < 4.78 is 9.92. The highest BCUT2D eigenvalue weighted by molar-refractivity contribution is 6.22. The van der Waals surface area contributed by atoms with Crippen molar-refractivity contribution >= 4 is 17.5 Å². The fourth-order valence-corrected chi connectivity index (χ4v) is 1.69. The van der Waals surface area contributed by atoms with Gasteiger partial charge in [0, 0.05) is 5.56 Å². The number of carbonyl (C=O) groups excluding carboxylic acids is 3. The highest BCUT2D eigenvalue weighted by atomic mass is 16.5. The van der Waals surface area contributed by atoms with Crippen LogP contribution in [0.3, 0.4) is 0 Å². The van der Waals surface area contributed by atoms with E-state index in [9.17, 15) is 14.4 Å². The first-order valence-corrected chi connectivity index (χ1v) is 5.13. The number of allylic oxidation sites excluding steroid dienone is 2. The van der Waals surface area contributed by atoms with E-state index in [4.69, 9.17) is 9.15 Å². The van der Waals surface area contributed by atoms with Gasteiger partial charge in [0.25, 0.3) is 0 Å². The predicted molar refractivity (Wildman–Crippen MR) is 57.2 cm³/mol. The second-order valence-electron chi connectivity index (χ2n) is 3.54. The molecule has 0 amide bonds. The van der Waals surface area contributed by atoms with Gasteiger partial charge in [-0.25, -0.2) is 4.79 Å². The number of esters is 1. The van der Waals surface area contributed by atoms with Crippen LogP contribution in [0.15, 0.2) is 16.6 Å². The number of furan rings is 1. The van der Waals surface area contributed by atoms with Crippen LogP contribution in [0.4, 0.5) is 0 Å². The average molecular weight is 234 g/mol. The van der Waals surface area contributed by atoms with Crippen molar-refractivity contribution in [2.75, 3.05) is 6.61 Å². The Morgan fingerprint density at radius 2 is 1.94 bits per heavy atom. The number of carbonyl (C=O) groups is 3. The van der Waals surface area contributed by atoms with E-state index in [0.29, 0.717) is 5.56 Å². The third-order valence-corrected chi connectivity index (χ3v) is 2.46. The van der Waals surface area contributed by atoms with E-state index in [1.807, 2.05) is 0 Å². The van der Waals surface area contributed by atoms with Gasteiger partial charge in [-0.05, 0) is 26.0 Å². The van der Waals surface area contributed by atoms with Gasteiger partial charge in [-0.2, -0.15) is 0 Å². The van der Waals surface area contributed by atoms with Gasteiger partial charge in [0.05, 0.1) is 12.2 Å². The molecule has 0 aliphatic heterocycles. The lowest BCUT2D eigenvalue weighted by Gasteiger charge is -2.00. The smallest absolute Gasteiger partial charge is 0.374 e. The van der Waals surface area contributed by atoms with Gasteiger partial charge in [-0.1, -0.05) is 0 Å². The summed E-state index contributed by atoms with van der Waals surface area (Å²) in [5, 5.41) is 0. The monoisotopic (exact) mass is 234 g/mol. The van der Waals surface area contributed by atoms with E-state index >= 15 is 0 Å². The van der Waals surface area contributed by atoms with Gasteiger partial charge in [-0.15, -0.1) is 0 Å². The summed E-state index contributed by atoms with van der Waals surface area (Å²) in [6, 6.07) is 0. The van der Waals surface area contributed by atoms with E-state index < -0.39 is 11.8 Å². The van der Waals surface area contributed by atoms with Gasteiger partial charge in [0.15, 0.2) is 11.5 Å². The molecule has 0 saturated carbocycles. The highest BCUT2D eigenvalue weighted by Crippen LogP contribution is 2.27. The van der Waals surface area contributed by atoms with Gasteiger partial charge in [0.1, 0.15) is 0 Å². The molecule has 5 heteroatoms. The van der Waals surface area contributed by atoms with Crippen LogP contribution >= 0.6 is 0 Å². The number of hydrogen-bond acceptors (Lipinski definition) is 5. The molecular weight excluding hydrogens is 224 g/mol. The molecule has 1 aromatic heterocycles.